The monoisotopic (exact) mass is 314 g/mol. The largest absolute Gasteiger partial charge is 0.328 e. The molecule has 19 heavy (non-hydrogen) atoms. The number of aromatic nitrogens is 1. The van der Waals surface area contributed by atoms with E-state index >= 15 is 0 Å². The minimum atomic E-state index is 0.248. The van der Waals surface area contributed by atoms with Crippen molar-refractivity contribution in [2.24, 2.45) is 0 Å². The first-order valence-corrected chi connectivity index (χ1v) is 7.00. The maximum absolute atomic E-state index is 6.16. The Morgan fingerprint density at radius 1 is 1.05 bits per heavy atom. The number of nitrogens with zero attached hydrogens (tertiary/aromatic N) is 2. The van der Waals surface area contributed by atoms with E-state index in [4.69, 9.17) is 34.8 Å². The fourth-order valence-corrected chi connectivity index (χ4v) is 2.37. The van der Waals surface area contributed by atoms with E-state index < -0.39 is 0 Å². The van der Waals surface area contributed by atoms with Crippen LogP contribution in [0.15, 0.2) is 30.3 Å². The second-order valence-electron chi connectivity index (χ2n) is 4.15. The van der Waals surface area contributed by atoms with Gasteiger partial charge in [0.05, 0.1) is 10.0 Å². The Kier molecular flexibility index (Phi) is 4.56. The van der Waals surface area contributed by atoms with Crippen molar-refractivity contribution < 1.29 is 0 Å². The van der Waals surface area contributed by atoms with Crippen LogP contribution in [0, 0.1) is 0 Å². The first-order valence-electron chi connectivity index (χ1n) is 5.87. The van der Waals surface area contributed by atoms with Crippen LogP contribution in [0.1, 0.15) is 12.5 Å². The lowest BCUT2D eigenvalue weighted by Crippen LogP contribution is -2.12. The summed E-state index contributed by atoms with van der Waals surface area (Å²) in [4.78, 5) is 6.10. The summed E-state index contributed by atoms with van der Waals surface area (Å²) in [5.41, 5.74) is 2.27. The van der Waals surface area contributed by atoms with Crippen molar-refractivity contribution in [2.45, 2.75) is 13.3 Å². The molecule has 100 valence electrons. The topological polar surface area (TPSA) is 16.1 Å². The number of halogens is 3. The highest BCUT2D eigenvalue weighted by molar-refractivity contribution is 6.43. The zero-order chi connectivity index (χ0) is 14.0. The van der Waals surface area contributed by atoms with Gasteiger partial charge in [0.2, 0.25) is 0 Å². The van der Waals surface area contributed by atoms with Crippen molar-refractivity contribution in [3.05, 3.63) is 51.1 Å². The molecule has 0 amide bonds. The van der Waals surface area contributed by atoms with Crippen LogP contribution in [-0.2, 0) is 6.42 Å². The highest BCUT2D eigenvalue weighted by Crippen LogP contribution is 2.33. The third-order valence-corrected chi connectivity index (χ3v) is 3.87. The first-order chi connectivity index (χ1) is 9.02. The lowest BCUT2D eigenvalue weighted by molar-refractivity contribution is 1.11. The molecule has 0 aliphatic heterocycles. The van der Waals surface area contributed by atoms with E-state index in [1.54, 1.807) is 6.07 Å². The van der Waals surface area contributed by atoms with Gasteiger partial charge in [0.25, 0.3) is 0 Å². The van der Waals surface area contributed by atoms with Crippen LogP contribution < -0.4 is 4.90 Å². The minimum absolute atomic E-state index is 0.248. The molecular weight excluding hydrogens is 303 g/mol. The van der Waals surface area contributed by atoms with Crippen molar-refractivity contribution in [3.8, 4) is 0 Å². The van der Waals surface area contributed by atoms with Gasteiger partial charge in [-0.15, -0.1) is 0 Å². The number of benzene rings is 1. The van der Waals surface area contributed by atoms with E-state index in [1.165, 1.54) is 5.56 Å². The lowest BCUT2D eigenvalue weighted by atomic mass is 10.1. The SMILES string of the molecule is CCc1ccc(N(C)c2nc(Cl)c(Cl)cc2Cl)cc1. The van der Waals surface area contributed by atoms with Gasteiger partial charge >= 0.3 is 0 Å². The van der Waals surface area contributed by atoms with Gasteiger partial charge in [-0.3, -0.25) is 0 Å². The maximum Gasteiger partial charge on any atom is 0.153 e. The van der Waals surface area contributed by atoms with Crippen molar-refractivity contribution in [1.29, 1.82) is 0 Å². The van der Waals surface area contributed by atoms with Gasteiger partial charge in [-0.2, -0.15) is 0 Å². The molecule has 0 bridgehead atoms. The summed E-state index contributed by atoms with van der Waals surface area (Å²) >= 11 is 18.0. The molecule has 2 aromatic rings. The van der Waals surface area contributed by atoms with E-state index in [0.717, 1.165) is 12.1 Å². The third-order valence-electron chi connectivity index (χ3n) is 2.92. The summed E-state index contributed by atoms with van der Waals surface area (Å²) in [6.45, 7) is 2.12. The number of pyridine rings is 1. The van der Waals surface area contributed by atoms with E-state index in [2.05, 4.69) is 24.0 Å². The van der Waals surface area contributed by atoms with Crippen LogP contribution in [0.2, 0.25) is 15.2 Å². The van der Waals surface area contributed by atoms with Crippen LogP contribution in [0.5, 0.6) is 0 Å². The van der Waals surface area contributed by atoms with Gasteiger partial charge in [0.1, 0.15) is 5.15 Å². The van der Waals surface area contributed by atoms with Crippen LogP contribution in [-0.4, -0.2) is 12.0 Å². The predicted octanol–water partition coefficient (Wildman–Crippen LogP) is 5.37. The first kappa shape index (κ1) is 14.4. The Morgan fingerprint density at radius 2 is 1.68 bits per heavy atom. The number of rotatable bonds is 3. The average Bonchev–Trinajstić information content (AvgIpc) is 2.42. The molecule has 5 heteroatoms. The quantitative estimate of drug-likeness (QED) is 0.708. The minimum Gasteiger partial charge on any atom is -0.328 e. The molecule has 0 atom stereocenters. The Hall–Kier alpha value is -0.960. The van der Waals surface area contributed by atoms with E-state index in [0.29, 0.717) is 15.9 Å². The fraction of sp³-hybridized carbons (Fsp3) is 0.214. The summed E-state index contributed by atoms with van der Waals surface area (Å²) in [7, 11) is 1.89. The smallest absolute Gasteiger partial charge is 0.153 e. The summed E-state index contributed by atoms with van der Waals surface area (Å²) in [5.74, 6) is 0.584. The Morgan fingerprint density at radius 3 is 2.26 bits per heavy atom. The summed E-state index contributed by atoms with van der Waals surface area (Å²) in [5, 5.41) is 1.07. The second kappa shape index (κ2) is 6.00. The predicted molar refractivity (Wildman–Crippen MR) is 83.2 cm³/mol. The second-order valence-corrected chi connectivity index (χ2v) is 5.32. The van der Waals surface area contributed by atoms with Gasteiger partial charge in [0, 0.05) is 12.7 Å². The van der Waals surface area contributed by atoms with Gasteiger partial charge in [-0.1, -0.05) is 53.9 Å². The third kappa shape index (κ3) is 3.14. The normalized spacial score (nSPS) is 10.6. The zero-order valence-corrected chi connectivity index (χ0v) is 12.9. The summed E-state index contributed by atoms with van der Waals surface area (Å²) < 4.78 is 0. The molecule has 0 radical (unpaired) electrons. The Labute approximate surface area is 127 Å². The van der Waals surface area contributed by atoms with Crippen molar-refractivity contribution in [3.63, 3.8) is 0 Å². The van der Waals surface area contributed by atoms with Crippen molar-refractivity contribution >= 4 is 46.3 Å². The van der Waals surface area contributed by atoms with E-state index in [1.807, 2.05) is 24.1 Å². The highest BCUT2D eigenvalue weighted by atomic mass is 35.5. The lowest BCUT2D eigenvalue weighted by Gasteiger charge is -2.20. The molecule has 2 rings (SSSR count). The molecule has 0 unspecified atom stereocenters. The summed E-state index contributed by atoms with van der Waals surface area (Å²) in [6, 6.07) is 9.82. The van der Waals surface area contributed by atoms with E-state index in [-0.39, 0.29) is 5.15 Å². The van der Waals surface area contributed by atoms with Gasteiger partial charge in [-0.05, 0) is 30.2 Å². The number of aryl methyl sites for hydroxylation is 1. The average molecular weight is 316 g/mol. The highest BCUT2D eigenvalue weighted by Gasteiger charge is 2.13. The Balaban J connectivity index is 2.37. The summed E-state index contributed by atoms with van der Waals surface area (Å²) in [6.07, 6.45) is 1.01. The van der Waals surface area contributed by atoms with Gasteiger partial charge < -0.3 is 4.90 Å². The molecule has 0 aliphatic rings. The molecule has 0 fully saturated rings. The number of hydrogen-bond donors (Lipinski definition) is 0. The van der Waals surface area contributed by atoms with Gasteiger partial charge in [0.15, 0.2) is 5.82 Å². The van der Waals surface area contributed by atoms with Crippen LogP contribution in [0.25, 0.3) is 0 Å². The molecule has 0 saturated carbocycles. The van der Waals surface area contributed by atoms with Gasteiger partial charge in [-0.25, -0.2) is 4.98 Å². The maximum atomic E-state index is 6.16. The zero-order valence-electron chi connectivity index (χ0n) is 10.6. The number of hydrogen-bond acceptors (Lipinski definition) is 2. The fourth-order valence-electron chi connectivity index (χ4n) is 1.75. The standard InChI is InChI=1S/C14H13Cl3N2/c1-3-9-4-6-10(7-5-9)19(2)14-12(16)8-11(15)13(17)18-14/h4-8H,3H2,1-2H3. The molecule has 1 aromatic heterocycles. The Bertz CT molecular complexity index is 582. The van der Waals surface area contributed by atoms with E-state index in [9.17, 15) is 0 Å². The van der Waals surface area contributed by atoms with Crippen molar-refractivity contribution in [2.75, 3.05) is 11.9 Å². The molecule has 1 heterocycles. The molecule has 2 nitrogen and oxygen atoms in total. The van der Waals surface area contributed by atoms with Crippen LogP contribution in [0.4, 0.5) is 11.5 Å². The van der Waals surface area contributed by atoms with Crippen LogP contribution >= 0.6 is 34.8 Å². The molecular formula is C14H13Cl3N2. The number of anilines is 2. The molecule has 0 N–H and O–H groups in total. The van der Waals surface area contributed by atoms with Crippen molar-refractivity contribution in [1.82, 2.24) is 4.98 Å². The molecule has 0 spiro atoms. The molecule has 1 aromatic carbocycles. The molecule has 0 aliphatic carbocycles. The van der Waals surface area contributed by atoms with Crippen LogP contribution in [0.3, 0.4) is 0 Å². The molecule has 0 saturated heterocycles.